The quantitative estimate of drug-likeness (QED) is 0.690. The number of hydrogen-bond acceptors (Lipinski definition) is 6. The van der Waals surface area contributed by atoms with Crippen LogP contribution in [0.1, 0.15) is 6.23 Å². The predicted molar refractivity (Wildman–Crippen MR) is 70.6 cm³/mol. The van der Waals surface area contributed by atoms with E-state index in [1.165, 1.54) is 10.9 Å². The Morgan fingerprint density at radius 2 is 2.05 bits per heavy atom. The molecule has 3 rings (SSSR count). The summed E-state index contributed by atoms with van der Waals surface area (Å²) in [4.78, 5) is 8.19. The first-order valence-electron chi connectivity index (χ1n) is 5.84. The standard InChI is InChI=1S/C11H11Cl2N3O4/c12-4-1-5-10(15-9(4)13)16(3-14-5)11-8(19)7(18)6(2-17)20-11/h1,3,6-8,11,17-19H,2H2/t6-,7?,8?,11-/m1/s1. The van der Waals surface area contributed by atoms with Gasteiger partial charge in [0.25, 0.3) is 0 Å². The lowest BCUT2D eigenvalue weighted by Crippen LogP contribution is -2.33. The first-order valence-corrected chi connectivity index (χ1v) is 6.59. The fourth-order valence-corrected chi connectivity index (χ4v) is 2.49. The van der Waals surface area contributed by atoms with Crippen LogP contribution in [0.15, 0.2) is 12.4 Å². The number of aliphatic hydroxyl groups excluding tert-OH is 3. The molecule has 0 aromatic carbocycles. The number of halogens is 2. The Labute approximate surface area is 123 Å². The molecule has 0 saturated carbocycles. The van der Waals surface area contributed by atoms with Crippen molar-refractivity contribution in [3.05, 3.63) is 22.6 Å². The lowest BCUT2D eigenvalue weighted by Gasteiger charge is -2.16. The Balaban J connectivity index is 2.05. The van der Waals surface area contributed by atoms with Crippen LogP contribution in [0.4, 0.5) is 0 Å². The zero-order valence-corrected chi connectivity index (χ0v) is 11.5. The third-order valence-electron chi connectivity index (χ3n) is 3.25. The second kappa shape index (κ2) is 5.10. The van der Waals surface area contributed by atoms with Crippen molar-refractivity contribution >= 4 is 34.4 Å². The number of ether oxygens (including phenoxy) is 1. The van der Waals surface area contributed by atoms with Crippen molar-refractivity contribution in [2.45, 2.75) is 24.5 Å². The lowest BCUT2D eigenvalue weighted by atomic mass is 10.1. The lowest BCUT2D eigenvalue weighted by molar-refractivity contribution is -0.0511. The molecule has 1 aliphatic rings. The van der Waals surface area contributed by atoms with Crippen LogP contribution >= 0.6 is 23.2 Å². The average molecular weight is 320 g/mol. The number of fused-ring (bicyclic) bond motifs is 1. The molecule has 9 heteroatoms. The Morgan fingerprint density at radius 1 is 1.30 bits per heavy atom. The van der Waals surface area contributed by atoms with Crippen molar-refractivity contribution in [2.24, 2.45) is 0 Å². The van der Waals surface area contributed by atoms with Gasteiger partial charge in [-0.15, -0.1) is 0 Å². The molecule has 0 spiro atoms. The summed E-state index contributed by atoms with van der Waals surface area (Å²) in [6.07, 6.45) is -2.76. The van der Waals surface area contributed by atoms with Crippen LogP contribution in [-0.4, -0.2) is 54.8 Å². The minimum Gasteiger partial charge on any atom is -0.394 e. The molecule has 0 radical (unpaired) electrons. The van der Waals surface area contributed by atoms with Crippen molar-refractivity contribution in [1.29, 1.82) is 0 Å². The summed E-state index contributed by atoms with van der Waals surface area (Å²) in [5.74, 6) is 0. The summed E-state index contributed by atoms with van der Waals surface area (Å²) in [7, 11) is 0. The molecule has 2 aromatic rings. The molecule has 0 bridgehead atoms. The highest BCUT2D eigenvalue weighted by Gasteiger charge is 2.43. The van der Waals surface area contributed by atoms with Crippen molar-refractivity contribution in [2.75, 3.05) is 6.61 Å². The predicted octanol–water partition coefficient (Wildman–Crippen LogP) is 0.350. The van der Waals surface area contributed by atoms with Crippen LogP contribution < -0.4 is 0 Å². The summed E-state index contributed by atoms with van der Waals surface area (Å²) in [5.41, 5.74) is 0.853. The van der Waals surface area contributed by atoms with E-state index in [1.807, 2.05) is 0 Å². The van der Waals surface area contributed by atoms with Gasteiger partial charge in [0.1, 0.15) is 29.0 Å². The molecular formula is C11H11Cl2N3O4. The van der Waals surface area contributed by atoms with Gasteiger partial charge in [0, 0.05) is 0 Å². The molecule has 0 amide bonds. The minimum absolute atomic E-state index is 0.104. The Kier molecular flexibility index (Phi) is 3.57. The fraction of sp³-hybridized carbons (Fsp3) is 0.455. The molecule has 2 unspecified atom stereocenters. The van der Waals surface area contributed by atoms with E-state index >= 15 is 0 Å². The number of pyridine rings is 1. The first kappa shape index (κ1) is 14.0. The zero-order valence-electron chi connectivity index (χ0n) is 10.0. The van der Waals surface area contributed by atoms with Crippen molar-refractivity contribution < 1.29 is 20.1 Å². The van der Waals surface area contributed by atoms with E-state index in [1.54, 1.807) is 6.07 Å². The SMILES string of the molecule is OC[C@H]1O[C@@H](n2cnc3cc(Cl)c(Cl)nc32)C(O)C1O. The molecular weight excluding hydrogens is 309 g/mol. The number of hydrogen-bond donors (Lipinski definition) is 3. The molecule has 2 aromatic heterocycles. The Bertz CT molecular complexity index is 650. The van der Waals surface area contributed by atoms with Gasteiger partial charge in [-0.05, 0) is 6.07 Å². The molecule has 1 saturated heterocycles. The van der Waals surface area contributed by atoms with Gasteiger partial charge in [-0.2, -0.15) is 0 Å². The fourth-order valence-electron chi connectivity index (χ4n) is 2.21. The topological polar surface area (TPSA) is 101 Å². The highest BCUT2D eigenvalue weighted by atomic mass is 35.5. The normalized spacial score (nSPS) is 30.2. The van der Waals surface area contributed by atoms with Gasteiger partial charge in [0.15, 0.2) is 11.9 Å². The summed E-state index contributed by atoms with van der Waals surface area (Å²) < 4.78 is 6.86. The summed E-state index contributed by atoms with van der Waals surface area (Å²) >= 11 is 11.7. The van der Waals surface area contributed by atoms with Gasteiger partial charge >= 0.3 is 0 Å². The van der Waals surface area contributed by atoms with Gasteiger partial charge in [-0.3, -0.25) is 4.57 Å². The number of nitrogens with zero attached hydrogens (tertiary/aromatic N) is 3. The summed E-state index contributed by atoms with van der Waals surface area (Å²) in [6.45, 7) is -0.401. The Morgan fingerprint density at radius 3 is 2.70 bits per heavy atom. The van der Waals surface area contributed by atoms with E-state index in [2.05, 4.69) is 9.97 Å². The molecule has 3 heterocycles. The third kappa shape index (κ3) is 2.07. The summed E-state index contributed by atoms with van der Waals surface area (Å²) in [5, 5.41) is 29.2. The minimum atomic E-state index is -1.21. The first-order chi connectivity index (χ1) is 9.52. The molecule has 3 N–H and O–H groups in total. The zero-order chi connectivity index (χ0) is 14.4. The second-order valence-corrected chi connectivity index (χ2v) is 5.25. The summed E-state index contributed by atoms with van der Waals surface area (Å²) in [6, 6.07) is 1.55. The highest BCUT2D eigenvalue weighted by Crippen LogP contribution is 2.32. The van der Waals surface area contributed by atoms with Crippen molar-refractivity contribution in [3.63, 3.8) is 0 Å². The van der Waals surface area contributed by atoms with E-state index in [4.69, 9.17) is 33.0 Å². The third-order valence-corrected chi connectivity index (χ3v) is 3.92. The van der Waals surface area contributed by atoms with Gasteiger partial charge in [-0.25, -0.2) is 9.97 Å². The molecule has 7 nitrogen and oxygen atoms in total. The van der Waals surface area contributed by atoms with E-state index in [0.717, 1.165) is 0 Å². The molecule has 1 fully saturated rings. The van der Waals surface area contributed by atoms with Crippen LogP contribution in [0.5, 0.6) is 0 Å². The second-order valence-electron chi connectivity index (χ2n) is 4.48. The van der Waals surface area contributed by atoms with Gasteiger partial charge in [-0.1, -0.05) is 23.2 Å². The average Bonchev–Trinajstić information content (AvgIpc) is 2.94. The molecule has 108 valence electrons. The van der Waals surface area contributed by atoms with Crippen LogP contribution in [0, 0.1) is 0 Å². The van der Waals surface area contributed by atoms with E-state index in [9.17, 15) is 10.2 Å². The van der Waals surface area contributed by atoms with Crippen LogP contribution in [0.2, 0.25) is 10.2 Å². The van der Waals surface area contributed by atoms with E-state index in [-0.39, 0.29) is 10.2 Å². The van der Waals surface area contributed by atoms with Crippen LogP contribution in [0.3, 0.4) is 0 Å². The Hall–Kier alpha value is -0.960. The number of rotatable bonds is 2. The largest absolute Gasteiger partial charge is 0.394 e. The molecule has 4 atom stereocenters. The molecule has 20 heavy (non-hydrogen) atoms. The maximum absolute atomic E-state index is 9.99. The number of aliphatic hydroxyl groups is 3. The van der Waals surface area contributed by atoms with E-state index in [0.29, 0.717) is 11.2 Å². The van der Waals surface area contributed by atoms with Crippen molar-refractivity contribution in [1.82, 2.24) is 14.5 Å². The van der Waals surface area contributed by atoms with Crippen LogP contribution in [0.25, 0.3) is 11.2 Å². The highest BCUT2D eigenvalue weighted by molar-refractivity contribution is 6.41. The molecule has 0 aliphatic carbocycles. The van der Waals surface area contributed by atoms with Gasteiger partial charge in [0.2, 0.25) is 0 Å². The van der Waals surface area contributed by atoms with E-state index < -0.39 is 31.1 Å². The smallest absolute Gasteiger partial charge is 0.165 e. The maximum Gasteiger partial charge on any atom is 0.165 e. The monoisotopic (exact) mass is 319 g/mol. The number of aromatic nitrogens is 3. The number of imidazole rings is 1. The van der Waals surface area contributed by atoms with Gasteiger partial charge in [0.05, 0.1) is 18.0 Å². The van der Waals surface area contributed by atoms with Crippen LogP contribution in [-0.2, 0) is 4.74 Å². The van der Waals surface area contributed by atoms with Gasteiger partial charge < -0.3 is 20.1 Å². The molecule has 1 aliphatic heterocycles. The van der Waals surface area contributed by atoms with Crippen molar-refractivity contribution in [3.8, 4) is 0 Å². The maximum atomic E-state index is 9.99.